The molecule has 1 amide bonds. The number of rotatable bonds is 8. The monoisotopic (exact) mass is 302 g/mol. The van der Waals surface area contributed by atoms with Crippen molar-refractivity contribution in [3.8, 4) is 11.5 Å². The van der Waals surface area contributed by atoms with Crippen LogP contribution in [0.1, 0.15) is 26.2 Å². The van der Waals surface area contributed by atoms with Gasteiger partial charge >= 0.3 is 6.61 Å². The van der Waals surface area contributed by atoms with Crippen molar-refractivity contribution in [2.45, 2.75) is 38.8 Å². The van der Waals surface area contributed by atoms with Crippen LogP contribution in [0.15, 0.2) is 18.2 Å². The van der Waals surface area contributed by atoms with Gasteiger partial charge in [-0.25, -0.2) is 0 Å². The van der Waals surface area contributed by atoms with Crippen LogP contribution in [-0.2, 0) is 4.79 Å². The summed E-state index contributed by atoms with van der Waals surface area (Å²) in [5.74, 6) is -0.0590. The predicted molar refractivity (Wildman–Crippen MR) is 75.8 cm³/mol. The molecule has 0 aliphatic rings. The number of anilines is 1. The van der Waals surface area contributed by atoms with Crippen molar-refractivity contribution >= 4 is 11.6 Å². The highest BCUT2D eigenvalue weighted by Gasteiger charge is 2.15. The molecule has 1 rings (SSSR count). The first kappa shape index (κ1) is 17.2. The summed E-state index contributed by atoms with van der Waals surface area (Å²) < 4.78 is 34.0. The molecular formula is C14H20F2N2O3. The van der Waals surface area contributed by atoms with E-state index in [4.69, 9.17) is 10.5 Å². The van der Waals surface area contributed by atoms with E-state index >= 15 is 0 Å². The van der Waals surface area contributed by atoms with Gasteiger partial charge in [0.1, 0.15) is 11.5 Å². The third-order valence-corrected chi connectivity index (χ3v) is 2.78. The Hall–Kier alpha value is -1.89. The van der Waals surface area contributed by atoms with Crippen LogP contribution in [0.2, 0.25) is 0 Å². The number of carbonyl (C=O) groups excluding carboxylic acids is 1. The summed E-state index contributed by atoms with van der Waals surface area (Å²) in [5, 5.41) is 2.52. The van der Waals surface area contributed by atoms with Crippen LogP contribution in [-0.4, -0.2) is 25.7 Å². The Labute approximate surface area is 122 Å². The fourth-order valence-corrected chi connectivity index (χ4v) is 1.84. The summed E-state index contributed by atoms with van der Waals surface area (Å²) >= 11 is 0. The maximum Gasteiger partial charge on any atom is 0.387 e. The van der Waals surface area contributed by atoms with Crippen molar-refractivity contribution in [2.75, 3.05) is 12.4 Å². The van der Waals surface area contributed by atoms with Gasteiger partial charge in [0.05, 0.1) is 12.8 Å². The number of hydrogen-bond donors (Lipinski definition) is 2. The van der Waals surface area contributed by atoms with Crippen LogP contribution in [0.25, 0.3) is 0 Å². The lowest BCUT2D eigenvalue weighted by Crippen LogP contribution is -2.27. The number of ether oxygens (including phenoxy) is 2. The first-order valence-corrected chi connectivity index (χ1v) is 6.64. The Morgan fingerprint density at radius 3 is 2.71 bits per heavy atom. The summed E-state index contributed by atoms with van der Waals surface area (Å²) in [6, 6.07) is 3.93. The lowest BCUT2D eigenvalue weighted by molar-refractivity contribution is -0.116. The highest BCUT2D eigenvalue weighted by molar-refractivity contribution is 5.92. The van der Waals surface area contributed by atoms with Crippen molar-refractivity contribution in [3.63, 3.8) is 0 Å². The lowest BCUT2D eigenvalue weighted by Gasteiger charge is -2.15. The summed E-state index contributed by atoms with van der Waals surface area (Å²) in [6.45, 7) is -1.01. The molecule has 1 aromatic rings. The number of alkyl halides is 2. The summed E-state index contributed by atoms with van der Waals surface area (Å²) in [6.07, 6.45) is 1.69. The molecule has 3 N–H and O–H groups in total. The van der Waals surface area contributed by atoms with Gasteiger partial charge in [0, 0.05) is 18.5 Å². The molecule has 0 aromatic heterocycles. The second-order valence-corrected chi connectivity index (χ2v) is 4.54. The molecule has 7 heteroatoms. The van der Waals surface area contributed by atoms with Crippen LogP contribution in [0, 0.1) is 0 Å². The SMILES string of the molecule is CCCC(N)CC(=O)Nc1cc(OC)ccc1OC(F)F. The van der Waals surface area contributed by atoms with E-state index in [0.29, 0.717) is 12.2 Å². The largest absolute Gasteiger partial charge is 0.497 e. The molecule has 0 bridgehead atoms. The minimum absolute atomic E-state index is 0.110. The molecule has 0 radical (unpaired) electrons. The van der Waals surface area contributed by atoms with Gasteiger partial charge in [-0.2, -0.15) is 8.78 Å². The molecular weight excluding hydrogens is 282 g/mol. The van der Waals surface area contributed by atoms with Crippen molar-refractivity contribution in [3.05, 3.63) is 18.2 Å². The Morgan fingerprint density at radius 1 is 1.43 bits per heavy atom. The first-order valence-electron chi connectivity index (χ1n) is 6.64. The van der Waals surface area contributed by atoms with Crippen molar-refractivity contribution in [1.29, 1.82) is 0 Å². The Bertz CT molecular complexity index is 470. The van der Waals surface area contributed by atoms with E-state index in [1.165, 1.54) is 25.3 Å². The molecule has 0 saturated heterocycles. The molecule has 5 nitrogen and oxygen atoms in total. The Morgan fingerprint density at radius 2 is 2.14 bits per heavy atom. The molecule has 0 fully saturated rings. The number of carbonyl (C=O) groups is 1. The number of nitrogens with two attached hydrogens (primary N) is 1. The van der Waals surface area contributed by atoms with Crippen LogP contribution in [0.4, 0.5) is 14.5 Å². The van der Waals surface area contributed by atoms with E-state index in [0.717, 1.165) is 6.42 Å². The van der Waals surface area contributed by atoms with Gasteiger partial charge in [0.2, 0.25) is 5.91 Å². The quantitative estimate of drug-likeness (QED) is 0.774. The number of halogens is 2. The Kier molecular flexibility index (Phi) is 6.87. The summed E-state index contributed by atoms with van der Waals surface area (Å²) in [7, 11) is 1.44. The van der Waals surface area contributed by atoms with Crippen molar-refractivity contribution in [2.24, 2.45) is 5.73 Å². The highest BCUT2D eigenvalue weighted by Crippen LogP contribution is 2.30. The Balaban J connectivity index is 2.81. The van der Waals surface area contributed by atoms with E-state index < -0.39 is 6.61 Å². The molecule has 1 aromatic carbocycles. The maximum atomic E-state index is 12.3. The van der Waals surface area contributed by atoms with E-state index in [-0.39, 0.29) is 29.8 Å². The molecule has 0 saturated carbocycles. The zero-order valence-corrected chi connectivity index (χ0v) is 12.1. The van der Waals surface area contributed by atoms with Gasteiger partial charge in [-0.05, 0) is 18.6 Å². The minimum atomic E-state index is -2.98. The summed E-state index contributed by atoms with van der Waals surface area (Å²) in [5.41, 5.74) is 5.90. The highest BCUT2D eigenvalue weighted by atomic mass is 19.3. The second kappa shape index (κ2) is 8.41. The van der Waals surface area contributed by atoms with E-state index in [2.05, 4.69) is 10.1 Å². The topological polar surface area (TPSA) is 73.6 Å². The normalized spacial score (nSPS) is 12.1. The van der Waals surface area contributed by atoms with E-state index in [9.17, 15) is 13.6 Å². The van der Waals surface area contributed by atoms with Gasteiger partial charge in [0.25, 0.3) is 0 Å². The van der Waals surface area contributed by atoms with Gasteiger partial charge in [-0.3, -0.25) is 4.79 Å². The van der Waals surface area contributed by atoms with Crippen LogP contribution >= 0.6 is 0 Å². The van der Waals surface area contributed by atoms with E-state index in [1.54, 1.807) is 0 Å². The van der Waals surface area contributed by atoms with Crippen LogP contribution in [0.5, 0.6) is 11.5 Å². The average molecular weight is 302 g/mol. The number of amides is 1. The third kappa shape index (κ3) is 5.95. The van der Waals surface area contributed by atoms with Gasteiger partial charge in [0.15, 0.2) is 0 Å². The van der Waals surface area contributed by atoms with Crippen molar-refractivity contribution < 1.29 is 23.0 Å². The molecule has 1 unspecified atom stereocenters. The zero-order valence-electron chi connectivity index (χ0n) is 12.1. The van der Waals surface area contributed by atoms with Crippen molar-refractivity contribution in [1.82, 2.24) is 0 Å². The number of methoxy groups -OCH3 is 1. The first-order chi connectivity index (χ1) is 9.96. The number of hydrogen-bond acceptors (Lipinski definition) is 4. The molecule has 21 heavy (non-hydrogen) atoms. The van der Waals surface area contributed by atoms with Gasteiger partial charge in [-0.15, -0.1) is 0 Å². The van der Waals surface area contributed by atoms with Gasteiger partial charge in [-0.1, -0.05) is 13.3 Å². The zero-order chi connectivity index (χ0) is 15.8. The fraction of sp³-hybridized carbons (Fsp3) is 0.500. The lowest BCUT2D eigenvalue weighted by atomic mass is 10.1. The molecule has 118 valence electrons. The molecule has 0 aliphatic carbocycles. The number of benzene rings is 1. The summed E-state index contributed by atoms with van der Waals surface area (Å²) in [4.78, 5) is 11.9. The average Bonchev–Trinajstić information content (AvgIpc) is 2.40. The molecule has 1 atom stereocenters. The molecule has 0 heterocycles. The predicted octanol–water partition coefficient (Wildman–Crippen LogP) is 2.75. The fourth-order valence-electron chi connectivity index (χ4n) is 1.84. The molecule has 0 spiro atoms. The van der Waals surface area contributed by atoms with Crippen LogP contribution in [0.3, 0.4) is 0 Å². The maximum absolute atomic E-state index is 12.3. The van der Waals surface area contributed by atoms with Gasteiger partial charge < -0.3 is 20.5 Å². The standard InChI is InChI=1S/C14H20F2N2O3/c1-3-4-9(17)7-13(19)18-11-8-10(20-2)5-6-12(11)21-14(15)16/h5-6,8-9,14H,3-4,7,17H2,1-2H3,(H,18,19). The third-order valence-electron chi connectivity index (χ3n) is 2.78. The van der Waals surface area contributed by atoms with E-state index in [1.807, 2.05) is 6.92 Å². The minimum Gasteiger partial charge on any atom is -0.497 e. The number of nitrogens with one attached hydrogen (secondary N) is 1. The molecule has 0 aliphatic heterocycles. The second-order valence-electron chi connectivity index (χ2n) is 4.54. The van der Waals surface area contributed by atoms with Crippen LogP contribution < -0.4 is 20.5 Å². The smallest absolute Gasteiger partial charge is 0.387 e.